The van der Waals surface area contributed by atoms with Crippen LogP contribution in [0.5, 0.6) is 0 Å². The summed E-state index contributed by atoms with van der Waals surface area (Å²) in [6.07, 6.45) is 0. The number of aliphatic carboxylic acids is 4. The molecule has 0 unspecified atom stereocenters. The van der Waals surface area contributed by atoms with Gasteiger partial charge in [0.05, 0.1) is 0 Å². The maximum absolute atomic E-state index is 9.00. The Kier molecular flexibility index (Phi) is 138. The minimum Gasteiger partial charge on any atom is 0 e. The second-order valence-electron chi connectivity index (χ2n) is 2.31. The predicted octanol–water partition coefficient (Wildman–Crippen LogP) is -3.10. The normalized spacial score (nSPS) is 5.13. The van der Waals surface area contributed by atoms with Crippen molar-refractivity contribution in [1.29, 1.82) is 0 Å². The molecule has 1 radical (unpaired) electrons. The van der Waals surface area contributed by atoms with Crippen molar-refractivity contribution in [3.8, 4) is 0 Å². The van der Waals surface area contributed by atoms with Gasteiger partial charge in [0.25, 0.3) is 23.9 Å². The maximum Gasteiger partial charge on any atom is 0 e. The van der Waals surface area contributed by atoms with Crippen molar-refractivity contribution < 1.29 is 39.6 Å². The first-order valence-corrected chi connectivity index (χ1v) is 4.53. The minimum atomic E-state index is -0.833. The molecule has 0 aliphatic carbocycles. The average Bonchev–Trinajstić information content (AvgIpc) is 1.97. The van der Waals surface area contributed by atoms with Gasteiger partial charge in [0.1, 0.15) is 0 Å². The Morgan fingerprint density at radius 1 is 0.609 bits per heavy atom. The van der Waals surface area contributed by atoms with E-state index in [0.29, 0.717) is 0 Å². The summed E-state index contributed by atoms with van der Waals surface area (Å²) in [6.45, 7) is 4.58. The summed E-state index contributed by atoms with van der Waals surface area (Å²) in [4.78, 5) is 36.0. The van der Waals surface area contributed by atoms with Gasteiger partial charge in [-0.05, 0) is 0 Å². The molecular weight excluding hydrogens is 356 g/mol. The molecule has 8 N–H and O–H groups in total. The summed E-state index contributed by atoms with van der Waals surface area (Å²) in [5.41, 5.74) is 9.25. The zero-order valence-electron chi connectivity index (χ0n) is 12.3. The molecule has 0 rings (SSSR count). The number of hydrogen-bond acceptors (Lipinski definition) is 6. The monoisotopic (exact) mass is 381 g/mol. The molecule has 0 saturated heterocycles. The topological polar surface area (TPSA) is 201 Å². The molecule has 0 aromatic heterocycles. The molecule has 0 bridgehead atoms. The Hall–Kier alpha value is 1.80. The van der Waals surface area contributed by atoms with E-state index in [4.69, 9.17) is 39.6 Å². The van der Waals surface area contributed by atoms with Crippen LogP contribution in [-0.4, -0.2) is 169 Å². The number of carbonyl (C=O) groups is 4. The molecule has 0 saturated carbocycles. The average molecular weight is 381 g/mol. The zero-order valence-corrected chi connectivity index (χ0v) is 14.3. The SMILES string of the molecule is CC(=O)O.CC(=O)O.CC(=O)O.CC(=O)O.NCN.[NaH].[NaH].[NaH].[Na]. The van der Waals surface area contributed by atoms with E-state index in [1.165, 1.54) is 0 Å². The number of rotatable bonds is 0. The molecule has 0 aromatic rings. The van der Waals surface area contributed by atoms with Gasteiger partial charge in [-0.1, -0.05) is 0 Å². The Morgan fingerprint density at radius 3 is 0.609 bits per heavy atom. The quantitative estimate of drug-likeness (QED) is 0.184. The van der Waals surface area contributed by atoms with Gasteiger partial charge >= 0.3 is 88.7 Å². The van der Waals surface area contributed by atoms with Crippen LogP contribution >= 0.6 is 0 Å². The summed E-state index contributed by atoms with van der Waals surface area (Å²) in [6, 6.07) is 0. The summed E-state index contributed by atoms with van der Waals surface area (Å²) in [7, 11) is 0. The van der Waals surface area contributed by atoms with E-state index in [0.717, 1.165) is 27.7 Å². The zero-order chi connectivity index (χ0) is 17.0. The number of hydrogen-bond donors (Lipinski definition) is 6. The molecule has 10 nitrogen and oxygen atoms in total. The fourth-order valence-corrected chi connectivity index (χ4v) is 0. The fourth-order valence-electron chi connectivity index (χ4n) is 0. The molecule has 0 aliphatic heterocycles. The van der Waals surface area contributed by atoms with Crippen molar-refractivity contribution in [2.75, 3.05) is 6.67 Å². The number of nitrogens with two attached hydrogens (primary N) is 2. The van der Waals surface area contributed by atoms with Gasteiger partial charge in [-0.2, -0.15) is 0 Å². The molecule has 0 atom stereocenters. The van der Waals surface area contributed by atoms with Crippen molar-refractivity contribution in [2.24, 2.45) is 11.5 Å². The summed E-state index contributed by atoms with van der Waals surface area (Å²) in [5.74, 6) is -3.33. The smallest absolute Gasteiger partial charge is 0 e. The molecule has 0 amide bonds. The molecule has 23 heavy (non-hydrogen) atoms. The number of carboxylic acids is 4. The minimum absolute atomic E-state index is 0. The molecule has 0 heterocycles. The van der Waals surface area contributed by atoms with E-state index in [-0.39, 0.29) is 125 Å². The largest absolute Gasteiger partial charge is 0 e. The van der Waals surface area contributed by atoms with Gasteiger partial charge in [-0.3, -0.25) is 19.2 Å². The van der Waals surface area contributed by atoms with Gasteiger partial charge in [0, 0.05) is 63.9 Å². The first-order chi connectivity index (χ1) is 8.34. The van der Waals surface area contributed by atoms with Crippen molar-refractivity contribution in [2.45, 2.75) is 27.7 Å². The van der Waals surface area contributed by atoms with E-state index in [9.17, 15) is 0 Å². The van der Waals surface area contributed by atoms with Crippen LogP contribution < -0.4 is 11.5 Å². The number of carboxylic acid groups (broad SMARTS) is 4. The van der Waals surface area contributed by atoms with Crippen LogP contribution in [0.15, 0.2) is 0 Å². The Bertz CT molecular complexity index is 194. The van der Waals surface area contributed by atoms with E-state index in [2.05, 4.69) is 11.5 Å². The molecule has 0 aliphatic rings. The first-order valence-electron chi connectivity index (χ1n) is 4.53. The third-order valence-electron chi connectivity index (χ3n) is 0. The van der Waals surface area contributed by atoms with Crippen LogP contribution in [0.2, 0.25) is 0 Å². The van der Waals surface area contributed by atoms with Gasteiger partial charge in [-0.25, -0.2) is 0 Å². The van der Waals surface area contributed by atoms with Crippen molar-refractivity contribution in [3.63, 3.8) is 0 Å². The molecule has 0 spiro atoms. The summed E-state index contributed by atoms with van der Waals surface area (Å²) >= 11 is 0. The second-order valence-corrected chi connectivity index (χ2v) is 2.31. The van der Waals surface area contributed by atoms with Crippen LogP contribution in [0.4, 0.5) is 0 Å². The Labute approximate surface area is 224 Å². The van der Waals surface area contributed by atoms with Crippen LogP contribution in [0.3, 0.4) is 0 Å². The van der Waals surface area contributed by atoms with Crippen molar-refractivity contribution in [3.05, 3.63) is 0 Å². The van der Waals surface area contributed by atoms with Crippen molar-refractivity contribution >= 4 is 142 Å². The standard InChI is InChI=1S/4C2H4O2.CH6N2.4Na.3H/c4*1-2(3)4;2-1-3;;;;;;;/h4*1H3,(H,3,4);1-3H2;;;;;;;. The Morgan fingerprint density at radius 2 is 0.609 bits per heavy atom. The molecule has 14 heteroatoms. The van der Waals surface area contributed by atoms with E-state index < -0.39 is 23.9 Å². The molecular formula is C9H25N2Na4O8. The maximum atomic E-state index is 9.00. The summed E-state index contributed by atoms with van der Waals surface area (Å²) in [5, 5.41) is 29.7. The van der Waals surface area contributed by atoms with Gasteiger partial charge in [0.15, 0.2) is 0 Å². The third-order valence-corrected chi connectivity index (χ3v) is 0. The molecule has 0 aromatic carbocycles. The van der Waals surface area contributed by atoms with Crippen LogP contribution in [0, 0.1) is 0 Å². The van der Waals surface area contributed by atoms with Gasteiger partial charge in [0.2, 0.25) is 0 Å². The van der Waals surface area contributed by atoms with Crippen molar-refractivity contribution in [1.82, 2.24) is 0 Å². The second kappa shape index (κ2) is 56.5. The first kappa shape index (κ1) is 56.3. The predicted molar refractivity (Wildman–Crippen MR) is 93.7 cm³/mol. The molecule has 123 valence electrons. The Balaban J connectivity index is -0.0000000146. The summed E-state index contributed by atoms with van der Waals surface area (Å²) < 4.78 is 0. The third kappa shape index (κ3) is 3490. The molecule has 0 fully saturated rings. The van der Waals surface area contributed by atoms with E-state index in [1.54, 1.807) is 0 Å². The van der Waals surface area contributed by atoms with Gasteiger partial charge < -0.3 is 31.9 Å². The van der Waals surface area contributed by atoms with Crippen LogP contribution in [0.1, 0.15) is 27.7 Å². The van der Waals surface area contributed by atoms with E-state index >= 15 is 0 Å². The fraction of sp³-hybridized carbons (Fsp3) is 0.556. The van der Waals surface area contributed by atoms with Gasteiger partial charge in [-0.15, -0.1) is 0 Å². The van der Waals surface area contributed by atoms with Crippen LogP contribution in [0.25, 0.3) is 0 Å². The van der Waals surface area contributed by atoms with E-state index in [1.807, 2.05) is 0 Å². The van der Waals surface area contributed by atoms with Crippen LogP contribution in [-0.2, 0) is 19.2 Å².